The van der Waals surface area contributed by atoms with E-state index in [2.05, 4.69) is 54.0 Å². The quantitative estimate of drug-likeness (QED) is 0.835. The first kappa shape index (κ1) is 13.4. The van der Waals surface area contributed by atoms with Crippen molar-refractivity contribution in [3.8, 4) is 5.75 Å². The first-order valence-electron chi connectivity index (χ1n) is 6.88. The number of anilines is 1. The van der Waals surface area contributed by atoms with Crippen molar-refractivity contribution in [2.24, 2.45) is 0 Å². The number of nitrogens with one attached hydrogen (secondary N) is 1. The lowest BCUT2D eigenvalue weighted by Crippen LogP contribution is -2.08. The Morgan fingerprint density at radius 2 is 2.05 bits per heavy atom. The van der Waals surface area contributed by atoms with Gasteiger partial charge in [0.1, 0.15) is 5.75 Å². The van der Waals surface area contributed by atoms with Crippen molar-refractivity contribution in [3.05, 3.63) is 53.6 Å². The second kappa shape index (κ2) is 5.80. The highest BCUT2D eigenvalue weighted by atomic mass is 32.2. The highest BCUT2D eigenvalue weighted by molar-refractivity contribution is 7.98. The molecule has 1 atom stereocenters. The molecule has 2 nitrogen and oxygen atoms in total. The summed E-state index contributed by atoms with van der Waals surface area (Å²) in [4.78, 5) is 1.30. The van der Waals surface area contributed by atoms with E-state index in [0.717, 1.165) is 18.6 Å². The molecule has 1 unspecified atom stereocenters. The van der Waals surface area contributed by atoms with E-state index in [1.54, 1.807) is 18.9 Å². The zero-order valence-electron chi connectivity index (χ0n) is 11.8. The van der Waals surface area contributed by atoms with E-state index >= 15 is 0 Å². The van der Waals surface area contributed by atoms with Crippen LogP contribution in [-0.2, 0) is 6.42 Å². The fourth-order valence-electron chi connectivity index (χ4n) is 2.81. The van der Waals surface area contributed by atoms with Gasteiger partial charge in [0.05, 0.1) is 13.2 Å². The number of hydrogen-bond donors (Lipinski definition) is 1. The van der Waals surface area contributed by atoms with Crippen LogP contribution in [0.15, 0.2) is 47.4 Å². The van der Waals surface area contributed by atoms with Gasteiger partial charge < -0.3 is 10.1 Å². The molecular weight excluding hydrogens is 266 g/mol. The van der Waals surface area contributed by atoms with Crippen molar-refractivity contribution < 1.29 is 4.74 Å². The van der Waals surface area contributed by atoms with Crippen molar-refractivity contribution in [1.29, 1.82) is 0 Å². The molecule has 0 aliphatic heterocycles. The Hall–Kier alpha value is -1.61. The summed E-state index contributed by atoms with van der Waals surface area (Å²) in [6, 6.07) is 15.3. The summed E-state index contributed by atoms with van der Waals surface area (Å²) in [6.07, 6.45) is 4.40. The maximum atomic E-state index is 5.35. The second-order valence-corrected chi connectivity index (χ2v) is 5.85. The van der Waals surface area contributed by atoms with Crippen LogP contribution in [-0.4, -0.2) is 13.4 Å². The average Bonchev–Trinajstić information content (AvgIpc) is 2.90. The number of ether oxygens (including phenoxy) is 1. The molecule has 1 aliphatic carbocycles. The van der Waals surface area contributed by atoms with Crippen LogP contribution in [0.25, 0.3) is 0 Å². The molecule has 20 heavy (non-hydrogen) atoms. The van der Waals surface area contributed by atoms with Crippen molar-refractivity contribution in [3.63, 3.8) is 0 Å². The second-order valence-electron chi connectivity index (χ2n) is 5.00. The Bertz CT molecular complexity index is 612. The van der Waals surface area contributed by atoms with Gasteiger partial charge in [-0.1, -0.05) is 18.2 Å². The fourth-order valence-corrected chi connectivity index (χ4v) is 3.37. The van der Waals surface area contributed by atoms with Gasteiger partial charge in [-0.2, -0.15) is 0 Å². The molecule has 2 aromatic rings. The van der Waals surface area contributed by atoms with Gasteiger partial charge in [0, 0.05) is 10.6 Å². The zero-order chi connectivity index (χ0) is 13.9. The third-order valence-corrected chi connectivity index (χ3v) is 4.66. The highest BCUT2D eigenvalue weighted by Gasteiger charge is 2.23. The van der Waals surface area contributed by atoms with Gasteiger partial charge in [-0.3, -0.25) is 0 Å². The number of benzene rings is 2. The molecule has 0 saturated heterocycles. The summed E-state index contributed by atoms with van der Waals surface area (Å²) >= 11 is 1.78. The normalized spacial score (nSPS) is 16.8. The molecule has 3 heteroatoms. The van der Waals surface area contributed by atoms with Crippen LogP contribution in [0.3, 0.4) is 0 Å². The van der Waals surface area contributed by atoms with E-state index in [-0.39, 0.29) is 0 Å². The molecular formula is C17H19NOS. The van der Waals surface area contributed by atoms with Gasteiger partial charge >= 0.3 is 0 Å². The van der Waals surface area contributed by atoms with Crippen LogP contribution in [0.4, 0.5) is 5.69 Å². The monoisotopic (exact) mass is 285 g/mol. The number of rotatable bonds is 4. The van der Waals surface area contributed by atoms with Gasteiger partial charge in [0.15, 0.2) is 0 Å². The third kappa shape index (κ3) is 2.50. The topological polar surface area (TPSA) is 21.3 Å². The Morgan fingerprint density at radius 1 is 1.20 bits per heavy atom. The smallest absolute Gasteiger partial charge is 0.119 e. The van der Waals surface area contributed by atoms with E-state index in [1.165, 1.54) is 21.7 Å². The molecule has 0 heterocycles. The van der Waals surface area contributed by atoms with Gasteiger partial charge in [-0.05, 0) is 54.5 Å². The number of hydrogen-bond acceptors (Lipinski definition) is 3. The molecule has 0 spiro atoms. The molecule has 2 aromatic carbocycles. The summed E-state index contributed by atoms with van der Waals surface area (Å²) in [5, 5.41) is 3.69. The molecule has 0 radical (unpaired) electrons. The van der Waals surface area contributed by atoms with Crippen molar-refractivity contribution in [2.75, 3.05) is 18.7 Å². The van der Waals surface area contributed by atoms with Crippen molar-refractivity contribution >= 4 is 17.4 Å². The van der Waals surface area contributed by atoms with E-state index in [0.29, 0.717) is 6.04 Å². The Morgan fingerprint density at radius 3 is 2.85 bits per heavy atom. The van der Waals surface area contributed by atoms with Crippen LogP contribution >= 0.6 is 11.8 Å². The number of methoxy groups -OCH3 is 1. The molecule has 0 amide bonds. The predicted octanol–water partition coefficient (Wildman–Crippen LogP) is 4.52. The molecule has 0 fully saturated rings. The predicted molar refractivity (Wildman–Crippen MR) is 85.9 cm³/mol. The van der Waals surface area contributed by atoms with E-state index in [4.69, 9.17) is 4.74 Å². The summed E-state index contributed by atoms with van der Waals surface area (Å²) in [6.45, 7) is 0. The van der Waals surface area contributed by atoms with Gasteiger partial charge in [-0.15, -0.1) is 11.8 Å². The first-order valence-corrected chi connectivity index (χ1v) is 8.10. The number of aryl methyl sites for hydroxylation is 1. The van der Waals surface area contributed by atoms with Crippen LogP contribution in [0.1, 0.15) is 23.6 Å². The molecule has 3 rings (SSSR count). The molecule has 0 saturated carbocycles. The maximum absolute atomic E-state index is 5.35. The molecule has 1 N–H and O–H groups in total. The Balaban J connectivity index is 1.87. The highest BCUT2D eigenvalue weighted by Crippen LogP contribution is 2.37. The first-order chi connectivity index (χ1) is 9.81. The van der Waals surface area contributed by atoms with Crippen molar-refractivity contribution in [1.82, 2.24) is 0 Å². The molecule has 1 aliphatic rings. The maximum Gasteiger partial charge on any atom is 0.119 e. The number of thioether (sulfide) groups is 1. The lowest BCUT2D eigenvalue weighted by atomic mass is 10.1. The zero-order valence-corrected chi connectivity index (χ0v) is 12.7. The molecule has 0 aromatic heterocycles. The van der Waals surface area contributed by atoms with E-state index in [1.807, 2.05) is 0 Å². The summed E-state index contributed by atoms with van der Waals surface area (Å²) in [5.41, 5.74) is 4.03. The largest absolute Gasteiger partial charge is 0.497 e. The van der Waals surface area contributed by atoms with Gasteiger partial charge in [0.2, 0.25) is 0 Å². The van der Waals surface area contributed by atoms with Crippen molar-refractivity contribution in [2.45, 2.75) is 23.8 Å². The minimum atomic E-state index is 0.383. The lowest BCUT2D eigenvalue weighted by molar-refractivity contribution is 0.414. The average molecular weight is 285 g/mol. The number of para-hydroxylation sites is 1. The molecule has 0 bridgehead atoms. The minimum absolute atomic E-state index is 0.383. The summed E-state index contributed by atoms with van der Waals surface area (Å²) < 4.78 is 5.35. The Labute approximate surface area is 124 Å². The summed E-state index contributed by atoms with van der Waals surface area (Å²) in [5.74, 6) is 0.940. The van der Waals surface area contributed by atoms with Gasteiger partial charge in [-0.25, -0.2) is 0 Å². The van der Waals surface area contributed by atoms with E-state index < -0.39 is 0 Å². The lowest BCUT2D eigenvalue weighted by Gasteiger charge is -2.18. The SMILES string of the molecule is COc1ccc2c(c1)C(Nc1ccccc1SC)CC2. The standard InChI is InChI=1S/C17H19NOS/c1-19-13-9-7-12-8-10-15(14(12)11-13)18-16-5-3-4-6-17(16)20-2/h3-7,9,11,15,18H,8,10H2,1-2H3. The summed E-state index contributed by atoms with van der Waals surface area (Å²) in [7, 11) is 1.72. The van der Waals surface area contributed by atoms with Crippen LogP contribution in [0.5, 0.6) is 5.75 Å². The van der Waals surface area contributed by atoms with Crippen LogP contribution in [0.2, 0.25) is 0 Å². The van der Waals surface area contributed by atoms with E-state index in [9.17, 15) is 0 Å². The molecule has 104 valence electrons. The minimum Gasteiger partial charge on any atom is -0.497 e. The van der Waals surface area contributed by atoms with Crippen LogP contribution < -0.4 is 10.1 Å². The fraction of sp³-hybridized carbons (Fsp3) is 0.294. The van der Waals surface area contributed by atoms with Crippen LogP contribution in [0, 0.1) is 0 Å². The Kier molecular flexibility index (Phi) is 3.88. The number of fused-ring (bicyclic) bond motifs is 1. The van der Waals surface area contributed by atoms with Gasteiger partial charge in [0.25, 0.3) is 0 Å². The third-order valence-electron chi connectivity index (χ3n) is 3.87.